The summed E-state index contributed by atoms with van der Waals surface area (Å²) in [5.74, 6) is 0.511. The van der Waals surface area contributed by atoms with Crippen molar-refractivity contribution in [1.29, 1.82) is 0 Å². The van der Waals surface area contributed by atoms with Crippen molar-refractivity contribution in [3.05, 3.63) is 71.7 Å². The Labute approximate surface area is 142 Å². The van der Waals surface area contributed by atoms with Crippen molar-refractivity contribution < 1.29 is 4.39 Å². The fraction of sp³-hybridized carbons (Fsp3) is 0.333. The number of aromatic amines is 1. The summed E-state index contributed by atoms with van der Waals surface area (Å²) < 4.78 is 13.3. The number of fused-ring (bicyclic) bond motifs is 1. The van der Waals surface area contributed by atoms with E-state index in [9.17, 15) is 4.39 Å². The second-order valence-corrected chi connectivity index (χ2v) is 6.79. The first-order valence-electron chi connectivity index (χ1n) is 8.82. The minimum absolute atomic E-state index is 0.134. The molecule has 3 heteroatoms. The first kappa shape index (κ1) is 15.4. The summed E-state index contributed by atoms with van der Waals surface area (Å²) in [7, 11) is 0. The summed E-state index contributed by atoms with van der Waals surface area (Å²) in [6, 6.07) is 15.5. The van der Waals surface area contributed by atoms with Crippen LogP contribution in [0.3, 0.4) is 0 Å². The first-order valence-corrected chi connectivity index (χ1v) is 8.82. The third-order valence-electron chi connectivity index (χ3n) is 5.25. The molecule has 1 fully saturated rings. The summed E-state index contributed by atoms with van der Waals surface area (Å²) in [5, 5.41) is 1.37. The van der Waals surface area contributed by atoms with Crippen molar-refractivity contribution in [2.24, 2.45) is 0 Å². The summed E-state index contributed by atoms with van der Waals surface area (Å²) in [5.41, 5.74) is 3.80. The Balaban J connectivity index is 1.35. The van der Waals surface area contributed by atoms with E-state index in [4.69, 9.17) is 0 Å². The Morgan fingerprint density at radius 2 is 1.88 bits per heavy atom. The quantitative estimate of drug-likeness (QED) is 0.736. The van der Waals surface area contributed by atoms with Crippen LogP contribution < -0.4 is 0 Å². The number of nitrogens with zero attached hydrogens (tertiary/aromatic N) is 1. The fourth-order valence-electron chi connectivity index (χ4n) is 3.88. The minimum atomic E-state index is -0.134. The SMILES string of the molecule is Fc1cccc(CCN2CCC(c3c[nH]c4ccccc34)CC2)c1. The van der Waals surface area contributed by atoms with E-state index in [1.807, 2.05) is 6.07 Å². The van der Waals surface area contributed by atoms with Gasteiger partial charge in [-0.3, -0.25) is 0 Å². The lowest BCUT2D eigenvalue weighted by Crippen LogP contribution is -2.34. The molecule has 1 N–H and O–H groups in total. The van der Waals surface area contributed by atoms with Gasteiger partial charge >= 0.3 is 0 Å². The van der Waals surface area contributed by atoms with Crippen LogP contribution >= 0.6 is 0 Å². The van der Waals surface area contributed by atoms with Crippen LogP contribution in [0.1, 0.15) is 29.9 Å². The number of hydrogen-bond acceptors (Lipinski definition) is 1. The standard InChI is InChI=1S/C21H23FN2/c22-18-5-3-4-16(14-18)8-11-24-12-9-17(10-13-24)20-15-23-21-7-2-1-6-19(20)21/h1-7,14-15,17,23H,8-13H2. The van der Waals surface area contributed by atoms with Crippen LogP contribution in [0, 0.1) is 5.82 Å². The van der Waals surface area contributed by atoms with Crippen LogP contribution in [0.25, 0.3) is 10.9 Å². The molecule has 0 bridgehead atoms. The smallest absolute Gasteiger partial charge is 0.123 e. The van der Waals surface area contributed by atoms with Gasteiger partial charge in [-0.15, -0.1) is 0 Å². The van der Waals surface area contributed by atoms with E-state index in [0.29, 0.717) is 5.92 Å². The first-order chi connectivity index (χ1) is 11.8. The van der Waals surface area contributed by atoms with Gasteiger partial charge in [-0.2, -0.15) is 0 Å². The Hall–Kier alpha value is -2.13. The Bertz CT molecular complexity index is 815. The molecule has 1 aromatic heterocycles. The largest absolute Gasteiger partial charge is 0.361 e. The minimum Gasteiger partial charge on any atom is -0.361 e. The molecule has 2 aromatic carbocycles. The summed E-state index contributed by atoms with van der Waals surface area (Å²) in [6.45, 7) is 3.27. The molecule has 0 unspecified atom stereocenters. The molecule has 2 heterocycles. The van der Waals surface area contributed by atoms with Gasteiger partial charge in [0.1, 0.15) is 5.82 Å². The molecular formula is C21H23FN2. The summed E-state index contributed by atoms with van der Waals surface area (Å²) in [4.78, 5) is 5.91. The van der Waals surface area contributed by atoms with Gasteiger partial charge in [0.15, 0.2) is 0 Å². The van der Waals surface area contributed by atoms with E-state index in [1.54, 1.807) is 12.1 Å². The molecule has 1 saturated heterocycles. The van der Waals surface area contributed by atoms with Crippen molar-refractivity contribution in [2.75, 3.05) is 19.6 Å². The number of halogens is 1. The van der Waals surface area contributed by atoms with Crippen LogP contribution in [-0.2, 0) is 6.42 Å². The van der Waals surface area contributed by atoms with Gasteiger partial charge in [0.05, 0.1) is 0 Å². The number of hydrogen-bond donors (Lipinski definition) is 1. The maximum Gasteiger partial charge on any atom is 0.123 e. The lowest BCUT2D eigenvalue weighted by molar-refractivity contribution is 0.215. The van der Waals surface area contributed by atoms with Crippen LogP contribution in [0.4, 0.5) is 4.39 Å². The second-order valence-electron chi connectivity index (χ2n) is 6.79. The number of aromatic nitrogens is 1. The van der Waals surface area contributed by atoms with E-state index in [1.165, 1.54) is 35.4 Å². The molecule has 0 amide bonds. The third-order valence-corrected chi connectivity index (χ3v) is 5.25. The van der Waals surface area contributed by atoms with E-state index in [-0.39, 0.29) is 5.82 Å². The predicted molar refractivity (Wildman–Crippen MR) is 96.8 cm³/mol. The maximum atomic E-state index is 13.3. The number of H-pyrrole nitrogens is 1. The monoisotopic (exact) mass is 322 g/mol. The van der Waals surface area contributed by atoms with Gasteiger partial charge in [0.25, 0.3) is 0 Å². The highest BCUT2D eigenvalue weighted by Gasteiger charge is 2.22. The molecule has 0 atom stereocenters. The van der Waals surface area contributed by atoms with Crippen LogP contribution in [0.5, 0.6) is 0 Å². The van der Waals surface area contributed by atoms with Crippen LogP contribution in [0.2, 0.25) is 0 Å². The maximum absolute atomic E-state index is 13.3. The highest BCUT2D eigenvalue weighted by atomic mass is 19.1. The zero-order valence-electron chi connectivity index (χ0n) is 13.8. The third kappa shape index (κ3) is 3.22. The molecule has 3 aromatic rings. The Kier molecular flexibility index (Phi) is 4.35. The predicted octanol–water partition coefficient (Wildman–Crippen LogP) is 4.73. The van der Waals surface area contributed by atoms with Crippen molar-refractivity contribution in [3.63, 3.8) is 0 Å². The van der Waals surface area contributed by atoms with Gasteiger partial charge in [0.2, 0.25) is 0 Å². The van der Waals surface area contributed by atoms with E-state index in [0.717, 1.165) is 31.6 Å². The van der Waals surface area contributed by atoms with Gasteiger partial charge < -0.3 is 9.88 Å². The summed E-state index contributed by atoms with van der Waals surface area (Å²) >= 11 is 0. The molecule has 124 valence electrons. The molecule has 0 spiro atoms. The number of para-hydroxylation sites is 1. The zero-order chi connectivity index (χ0) is 16.4. The van der Waals surface area contributed by atoms with Gasteiger partial charge in [-0.05, 0) is 67.6 Å². The van der Waals surface area contributed by atoms with Crippen molar-refractivity contribution in [1.82, 2.24) is 9.88 Å². The van der Waals surface area contributed by atoms with E-state index < -0.39 is 0 Å². The van der Waals surface area contributed by atoms with Crippen LogP contribution in [0.15, 0.2) is 54.7 Å². The lowest BCUT2D eigenvalue weighted by atomic mass is 9.89. The lowest BCUT2D eigenvalue weighted by Gasteiger charge is -2.32. The van der Waals surface area contributed by atoms with Gasteiger partial charge in [0, 0.05) is 23.6 Å². The molecule has 4 rings (SSSR count). The molecule has 24 heavy (non-hydrogen) atoms. The number of piperidine rings is 1. The molecule has 1 aliphatic heterocycles. The van der Waals surface area contributed by atoms with Crippen LogP contribution in [-0.4, -0.2) is 29.5 Å². The fourth-order valence-corrected chi connectivity index (χ4v) is 3.88. The zero-order valence-corrected chi connectivity index (χ0v) is 13.8. The number of rotatable bonds is 4. The molecule has 0 radical (unpaired) electrons. The normalized spacial score (nSPS) is 16.7. The van der Waals surface area contributed by atoms with Gasteiger partial charge in [-0.1, -0.05) is 30.3 Å². The van der Waals surface area contributed by atoms with Gasteiger partial charge in [-0.25, -0.2) is 4.39 Å². The summed E-state index contributed by atoms with van der Waals surface area (Å²) in [6.07, 6.45) is 5.52. The number of benzene rings is 2. The van der Waals surface area contributed by atoms with Crippen molar-refractivity contribution in [2.45, 2.75) is 25.2 Å². The average Bonchev–Trinajstić information content (AvgIpc) is 3.05. The van der Waals surface area contributed by atoms with E-state index >= 15 is 0 Å². The molecule has 0 saturated carbocycles. The molecule has 0 aliphatic carbocycles. The average molecular weight is 322 g/mol. The molecular weight excluding hydrogens is 299 g/mol. The highest BCUT2D eigenvalue weighted by Crippen LogP contribution is 2.33. The number of likely N-dealkylation sites (tertiary alicyclic amines) is 1. The number of nitrogens with one attached hydrogen (secondary N) is 1. The highest BCUT2D eigenvalue weighted by molar-refractivity contribution is 5.83. The topological polar surface area (TPSA) is 19.0 Å². The molecule has 1 aliphatic rings. The Morgan fingerprint density at radius 1 is 1.04 bits per heavy atom. The van der Waals surface area contributed by atoms with Crippen molar-refractivity contribution >= 4 is 10.9 Å². The van der Waals surface area contributed by atoms with Crippen molar-refractivity contribution in [3.8, 4) is 0 Å². The van der Waals surface area contributed by atoms with E-state index in [2.05, 4.69) is 40.3 Å². The second kappa shape index (κ2) is 6.78. The Morgan fingerprint density at radius 3 is 2.71 bits per heavy atom. The molecule has 2 nitrogen and oxygen atoms in total.